The molecule has 2 rings (SSSR count). The van der Waals surface area contributed by atoms with E-state index in [0.717, 1.165) is 37.9 Å². The molecule has 138 valence electrons. The number of benzene rings is 1. The zero-order valence-electron chi connectivity index (χ0n) is 15.7. The predicted octanol–water partition coefficient (Wildman–Crippen LogP) is 2.42. The number of hydrogen-bond acceptors (Lipinski definition) is 3. The van der Waals surface area contributed by atoms with Crippen molar-refractivity contribution in [2.45, 2.75) is 58.0 Å². The Kier molecular flexibility index (Phi) is 7.00. The predicted molar refractivity (Wildman–Crippen MR) is 100 cm³/mol. The van der Waals surface area contributed by atoms with Crippen LogP contribution in [-0.4, -0.2) is 42.4 Å². The van der Waals surface area contributed by atoms with Crippen LogP contribution in [-0.2, 0) is 15.1 Å². The molecule has 0 bridgehead atoms. The SMILES string of the molecule is CC[C@H](C)NC(=O)CCNC(=O)[C@](C)(c1ccccc1)N1CCCC1. The molecule has 0 spiro atoms. The molecule has 5 heteroatoms. The Morgan fingerprint density at radius 1 is 1.20 bits per heavy atom. The summed E-state index contributed by atoms with van der Waals surface area (Å²) in [5.41, 5.74) is 0.309. The highest BCUT2D eigenvalue weighted by molar-refractivity contribution is 5.88. The number of nitrogens with one attached hydrogen (secondary N) is 2. The van der Waals surface area contributed by atoms with Gasteiger partial charge in [0.1, 0.15) is 5.54 Å². The van der Waals surface area contributed by atoms with Gasteiger partial charge in [0, 0.05) is 19.0 Å². The Morgan fingerprint density at radius 2 is 1.84 bits per heavy atom. The average Bonchev–Trinajstić information content (AvgIpc) is 3.16. The van der Waals surface area contributed by atoms with Crippen LogP contribution in [0.5, 0.6) is 0 Å². The molecule has 0 unspecified atom stereocenters. The lowest BCUT2D eigenvalue weighted by Crippen LogP contribution is -2.54. The van der Waals surface area contributed by atoms with E-state index in [1.165, 1.54) is 0 Å². The van der Waals surface area contributed by atoms with Gasteiger partial charge in [-0.1, -0.05) is 37.3 Å². The quantitative estimate of drug-likeness (QED) is 0.761. The molecule has 25 heavy (non-hydrogen) atoms. The summed E-state index contributed by atoms with van der Waals surface area (Å²) in [5.74, 6) is -0.0471. The van der Waals surface area contributed by atoms with Crippen LogP contribution in [0.4, 0.5) is 0 Å². The van der Waals surface area contributed by atoms with Gasteiger partial charge in [0.2, 0.25) is 11.8 Å². The van der Waals surface area contributed by atoms with E-state index in [9.17, 15) is 9.59 Å². The second-order valence-corrected chi connectivity index (χ2v) is 7.02. The van der Waals surface area contributed by atoms with Crippen LogP contribution < -0.4 is 10.6 Å². The first kappa shape index (κ1) is 19.4. The van der Waals surface area contributed by atoms with Crippen molar-refractivity contribution in [3.63, 3.8) is 0 Å². The normalized spacial score (nSPS) is 18.4. The Labute approximate surface area is 151 Å². The molecule has 1 aliphatic rings. The lowest BCUT2D eigenvalue weighted by Gasteiger charge is -2.37. The van der Waals surface area contributed by atoms with E-state index >= 15 is 0 Å². The van der Waals surface area contributed by atoms with E-state index in [-0.39, 0.29) is 17.9 Å². The first-order valence-corrected chi connectivity index (χ1v) is 9.36. The maximum atomic E-state index is 13.0. The van der Waals surface area contributed by atoms with Gasteiger partial charge >= 0.3 is 0 Å². The molecule has 5 nitrogen and oxygen atoms in total. The molecule has 0 radical (unpaired) electrons. The summed E-state index contributed by atoms with van der Waals surface area (Å²) < 4.78 is 0. The largest absolute Gasteiger partial charge is 0.354 e. The van der Waals surface area contributed by atoms with Gasteiger partial charge in [-0.2, -0.15) is 0 Å². The molecular formula is C20H31N3O2. The fraction of sp³-hybridized carbons (Fsp3) is 0.600. The summed E-state index contributed by atoms with van der Waals surface area (Å²) in [6.07, 6.45) is 3.44. The number of carbonyl (C=O) groups excluding carboxylic acids is 2. The molecule has 1 aliphatic heterocycles. The molecule has 1 saturated heterocycles. The molecular weight excluding hydrogens is 314 g/mol. The van der Waals surface area contributed by atoms with Crippen molar-refractivity contribution in [1.82, 2.24) is 15.5 Å². The smallest absolute Gasteiger partial charge is 0.244 e. The maximum Gasteiger partial charge on any atom is 0.244 e. The van der Waals surface area contributed by atoms with E-state index in [1.807, 2.05) is 51.1 Å². The Morgan fingerprint density at radius 3 is 2.44 bits per heavy atom. The minimum atomic E-state index is -0.690. The highest BCUT2D eigenvalue weighted by atomic mass is 16.2. The number of hydrogen-bond donors (Lipinski definition) is 2. The van der Waals surface area contributed by atoms with Gasteiger partial charge in [0.25, 0.3) is 0 Å². The van der Waals surface area contributed by atoms with Crippen LogP contribution >= 0.6 is 0 Å². The molecule has 1 aromatic rings. The highest BCUT2D eigenvalue weighted by Gasteiger charge is 2.41. The fourth-order valence-electron chi connectivity index (χ4n) is 3.30. The Balaban J connectivity index is 2.00. The van der Waals surface area contributed by atoms with Gasteiger partial charge in [0.15, 0.2) is 0 Å². The van der Waals surface area contributed by atoms with E-state index in [0.29, 0.717) is 13.0 Å². The Bertz CT molecular complexity index is 570. The van der Waals surface area contributed by atoms with Gasteiger partial charge in [-0.3, -0.25) is 14.5 Å². The number of rotatable bonds is 8. The summed E-state index contributed by atoms with van der Waals surface area (Å²) in [6, 6.07) is 10.1. The van der Waals surface area contributed by atoms with Gasteiger partial charge in [-0.05, 0) is 51.8 Å². The number of likely N-dealkylation sites (tertiary alicyclic amines) is 1. The molecule has 2 atom stereocenters. The summed E-state index contributed by atoms with van der Waals surface area (Å²) in [7, 11) is 0. The van der Waals surface area contributed by atoms with Gasteiger partial charge < -0.3 is 10.6 Å². The lowest BCUT2D eigenvalue weighted by atomic mass is 9.89. The molecule has 0 aliphatic carbocycles. The third-order valence-corrected chi connectivity index (χ3v) is 5.17. The maximum absolute atomic E-state index is 13.0. The van der Waals surface area contributed by atoms with Crippen molar-refractivity contribution in [3.8, 4) is 0 Å². The van der Waals surface area contributed by atoms with Crippen molar-refractivity contribution in [3.05, 3.63) is 35.9 Å². The summed E-state index contributed by atoms with van der Waals surface area (Å²) in [5, 5.41) is 5.91. The number of amides is 2. The van der Waals surface area contributed by atoms with Crippen LogP contribution in [0.3, 0.4) is 0 Å². The van der Waals surface area contributed by atoms with Gasteiger partial charge in [-0.15, -0.1) is 0 Å². The van der Waals surface area contributed by atoms with Crippen molar-refractivity contribution >= 4 is 11.8 Å². The Hall–Kier alpha value is -1.88. The minimum Gasteiger partial charge on any atom is -0.354 e. The number of nitrogens with zero attached hydrogens (tertiary/aromatic N) is 1. The first-order chi connectivity index (χ1) is 12.0. The summed E-state index contributed by atoms with van der Waals surface area (Å²) >= 11 is 0. The zero-order chi connectivity index (χ0) is 18.3. The molecule has 0 aromatic heterocycles. The fourth-order valence-corrected chi connectivity index (χ4v) is 3.30. The summed E-state index contributed by atoms with van der Waals surface area (Å²) in [4.78, 5) is 27.2. The van der Waals surface area contributed by atoms with Gasteiger partial charge in [0.05, 0.1) is 0 Å². The topological polar surface area (TPSA) is 61.4 Å². The van der Waals surface area contributed by atoms with Crippen LogP contribution in [0.1, 0.15) is 52.0 Å². The highest BCUT2D eigenvalue weighted by Crippen LogP contribution is 2.31. The molecule has 1 aromatic carbocycles. The first-order valence-electron chi connectivity index (χ1n) is 9.36. The van der Waals surface area contributed by atoms with Crippen LogP contribution in [0.25, 0.3) is 0 Å². The van der Waals surface area contributed by atoms with Crippen molar-refractivity contribution in [1.29, 1.82) is 0 Å². The van der Waals surface area contributed by atoms with E-state index < -0.39 is 5.54 Å². The van der Waals surface area contributed by atoms with Crippen molar-refractivity contribution in [2.24, 2.45) is 0 Å². The molecule has 2 amide bonds. The summed E-state index contributed by atoms with van der Waals surface area (Å²) in [6.45, 7) is 8.21. The minimum absolute atomic E-state index is 0.0164. The lowest BCUT2D eigenvalue weighted by molar-refractivity contribution is -0.132. The molecule has 2 N–H and O–H groups in total. The third kappa shape index (κ3) is 4.82. The molecule has 1 heterocycles. The van der Waals surface area contributed by atoms with Crippen LogP contribution in [0, 0.1) is 0 Å². The van der Waals surface area contributed by atoms with E-state index in [4.69, 9.17) is 0 Å². The van der Waals surface area contributed by atoms with Gasteiger partial charge in [-0.25, -0.2) is 0 Å². The van der Waals surface area contributed by atoms with Crippen molar-refractivity contribution < 1.29 is 9.59 Å². The van der Waals surface area contributed by atoms with Crippen LogP contribution in [0.2, 0.25) is 0 Å². The third-order valence-electron chi connectivity index (χ3n) is 5.17. The molecule has 1 fully saturated rings. The average molecular weight is 345 g/mol. The molecule has 0 saturated carbocycles. The standard InChI is InChI=1S/C20H31N3O2/c1-4-16(2)22-18(24)12-13-21-19(25)20(3,23-14-8-9-15-23)17-10-6-5-7-11-17/h5-7,10-11,16H,4,8-9,12-15H2,1-3H3,(H,21,25)(H,22,24)/t16-,20-/m0/s1. The van der Waals surface area contributed by atoms with Crippen molar-refractivity contribution in [2.75, 3.05) is 19.6 Å². The second-order valence-electron chi connectivity index (χ2n) is 7.02. The number of carbonyl (C=O) groups is 2. The zero-order valence-corrected chi connectivity index (χ0v) is 15.7. The van der Waals surface area contributed by atoms with E-state index in [1.54, 1.807) is 0 Å². The van der Waals surface area contributed by atoms with E-state index in [2.05, 4.69) is 15.5 Å². The monoisotopic (exact) mass is 345 g/mol. The second kappa shape index (κ2) is 8.99. The van der Waals surface area contributed by atoms with Crippen LogP contribution in [0.15, 0.2) is 30.3 Å².